The number of aromatic nitrogens is 2. The molecular weight excluding hydrogens is 527 g/mol. The summed E-state index contributed by atoms with van der Waals surface area (Å²) in [6.45, 7) is 3.90. The molecule has 3 aliphatic rings. The van der Waals surface area contributed by atoms with Crippen LogP contribution in [0.4, 0.5) is 4.39 Å². The van der Waals surface area contributed by atoms with Crippen molar-refractivity contribution in [1.82, 2.24) is 14.5 Å². The number of primary sulfonamides is 1. The first kappa shape index (κ1) is 27.7. The Morgan fingerprint density at radius 2 is 1.70 bits per heavy atom. The Bertz CT molecular complexity index is 1420. The van der Waals surface area contributed by atoms with Crippen molar-refractivity contribution in [3.8, 4) is 11.4 Å². The van der Waals surface area contributed by atoms with Crippen LogP contribution in [-0.4, -0.2) is 54.9 Å². The van der Waals surface area contributed by atoms with E-state index in [1.165, 1.54) is 42.3 Å². The highest BCUT2D eigenvalue weighted by atomic mass is 32.2. The lowest BCUT2D eigenvalue weighted by atomic mass is 9.81. The largest absolute Gasteiger partial charge is 0.491 e. The number of nitrogens with two attached hydrogens (primary N) is 1. The van der Waals surface area contributed by atoms with E-state index in [-0.39, 0.29) is 17.5 Å². The van der Waals surface area contributed by atoms with E-state index in [1.54, 1.807) is 0 Å². The van der Waals surface area contributed by atoms with E-state index >= 15 is 0 Å². The van der Waals surface area contributed by atoms with Crippen molar-refractivity contribution in [3.05, 3.63) is 54.2 Å². The molecule has 7 nitrogen and oxygen atoms in total. The molecule has 2 aromatic heterocycles. The molecule has 1 aliphatic heterocycles. The highest BCUT2D eigenvalue weighted by Crippen LogP contribution is 2.38. The van der Waals surface area contributed by atoms with Crippen LogP contribution in [0.1, 0.15) is 69.3 Å². The van der Waals surface area contributed by atoms with Gasteiger partial charge in [-0.2, -0.15) is 0 Å². The first-order valence-corrected chi connectivity index (χ1v) is 16.6. The molecular formula is C31H41FN4O3S. The molecule has 0 radical (unpaired) electrons. The van der Waals surface area contributed by atoms with Crippen molar-refractivity contribution in [2.24, 2.45) is 22.9 Å². The van der Waals surface area contributed by atoms with Gasteiger partial charge in [0.2, 0.25) is 10.0 Å². The van der Waals surface area contributed by atoms with Crippen molar-refractivity contribution >= 4 is 20.9 Å². The van der Waals surface area contributed by atoms with Crippen LogP contribution in [-0.2, 0) is 10.0 Å². The minimum absolute atomic E-state index is 0.135. The Hall–Kier alpha value is -2.49. The average Bonchev–Trinajstić information content (AvgIpc) is 3.70. The van der Waals surface area contributed by atoms with Gasteiger partial charge < -0.3 is 14.2 Å². The van der Waals surface area contributed by atoms with Gasteiger partial charge in [0, 0.05) is 23.8 Å². The number of pyridine rings is 1. The number of fused-ring (bicyclic) bond motifs is 1. The minimum atomic E-state index is -3.37. The van der Waals surface area contributed by atoms with E-state index in [0.717, 1.165) is 69.4 Å². The summed E-state index contributed by atoms with van der Waals surface area (Å²) in [4.78, 5) is 7.01. The summed E-state index contributed by atoms with van der Waals surface area (Å²) in [5, 5.41) is 6.46. The third kappa shape index (κ3) is 6.69. The minimum Gasteiger partial charge on any atom is -0.491 e. The quantitative estimate of drug-likeness (QED) is 0.343. The van der Waals surface area contributed by atoms with Crippen LogP contribution >= 0.6 is 0 Å². The summed E-state index contributed by atoms with van der Waals surface area (Å²) in [7, 11) is -3.37. The molecule has 0 bridgehead atoms. The molecule has 6 rings (SSSR count). The second-order valence-electron chi connectivity index (χ2n) is 12.3. The maximum Gasteiger partial charge on any atom is 0.209 e. The molecule has 0 atom stereocenters. The zero-order valence-electron chi connectivity index (χ0n) is 23.2. The standard InChI is InChI=1S/C31H41FN4O3S/c32-26-7-8-29(31(17-26)39-20-23-3-4-23)36-19-28(27-9-13-34-18-30(27)36)25-11-15-35(16-12-25)14-10-22-1-5-24(6-2-22)21-40(33,37)38/h7-9,13,17-19,22-25H,1-6,10-12,14-16,20-21H2,(H2,33,37,38). The molecule has 2 saturated carbocycles. The Balaban J connectivity index is 1.09. The van der Waals surface area contributed by atoms with Crippen LogP contribution in [0, 0.1) is 23.6 Å². The molecule has 1 saturated heterocycles. The molecule has 0 unspecified atom stereocenters. The van der Waals surface area contributed by atoms with Crippen molar-refractivity contribution in [1.29, 1.82) is 0 Å². The lowest BCUT2D eigenvalue weighted by Gasteiger charge is -2.34. The number of nitrogens with zero attached hydrogens (tertiary/aromatic N) is 3. The summed E-state index contributed by atoms with van der Waals surface area (Å²) in [6.07, 6.45) is 15.9. The second kappa shape index (κ2) is 11.8. The molecule has 216 valence electrons. The summed E-state index contributed by atoms with van der Waals surface area (Å²) >= 11 is 0. The van der Waals surface area contributed by atoms with E-state index in [4.69, 9.17) is 9.88 Å². The molecule has 3 fully saturated rings. The lowest BCUT2D eigenvalue weighted by Crippen LogP contribution is -2.35. The highest BCUT2D eigenvalue weighted by molar-refractivity contribution is 7.89. The van der Waals surface area contributed by atoms with Gasteiger partial charge in [-0.1, -0.05) is 12.8 Å². The Labute approximate surface area is 236 Å². The summed E-state index contributed by atoms with van der Waals surface area (Å²) in [5.74, 6) is 2.41. The SMILES string of the molecule is NS(=O)(=O)CC1CCC(CCN2CCC(c3cn(-c4ccc(F)cc4OCC4CC4)c4cnccc34)CC2)CC1. The average molecular weight is 569 g/mol. The van der Waals surface area contributed by atoms with Gasteiger partial charge in [-0.3, -0.25) is 4.98 Å². The number of likely N-dealkylation sites (tertiary alicyclic amines) is 1. The van der Waals surface area contributed by atoms with E-state index in [1.807, 2.05) is 18.5 Å². The monoisotopic (exact) mass is 568 g/mol. The molecule has 1 aromatic carbocycles. The highest BCUT2D eigenvalue weighted by Gasteiger charge is 2.28. The third-order valence-corrected chi connectivity index (χ3v) is 10.2. The van der Waals surface area contributed by atoms with Gasteiger partial charge in [0.1, 0.15) is 11.6 Å². The molecule has 0 spiro atoms. The lowest BCUT2D eigenvalue weighted by molar-refractivity contribution is 0.182. The van der Waals surface area contributed by atoms with Crippen LogP contribution in [0.25, 0.3) is 16.6 Å². The predicted octanol–water partition coefficient (Wildman–Crippen LogP) is 5.62. The van der Waals surface area contributed by atoms with E-state index < -0.39 is 10.0 Å². The number of halogens is 1. The molecule has 3 aromatic rings. The Morgan fingerprint density at radius 3 is 2.42 bits per heavy atom. The molecule has 2 N–H and O–H groups in total. The molecule has 9 heteroatoms. The zero-order chi connectivity index (χ0) is 27.7. The first-order valence-electron chi connectivity index (χ1n) is 14.9. The molecule has 40 heavy (non-hydrogen) atoms. The third-order valence-electron chi connectivity index (χ3n) is 9.31. The molecule has 2 aliphatic carbocycles. The van der Waals surface area contributed by atoms with Gasteiger partial charge in [0.05, 0.1) is 29.8 Å². The number of piperidine rings is 1. The fraction of sp³-hybridized carbons (Fsp3) is 0.581. The van der Waals surface area contributed by atoms with Crippen molar-refractivity contribution in [3.63, 3.8) is 0 Å². The Morgan fingerprint density at radius 1 is 0.975 bits per heavy atom. The number of rotatable bonds is 10. The van der Waals surface area contributed by atoms with E-state index in [0.29, 0.717) is 30.1 Å². The van der Waals surface area contributed by atoms with Crippen molar-refractivity contribution in [2.75, 3.05) is 32.0 Å². The normalized spacial score (nSPS) is 23.1. The number of hydrogen-bond acceptors (Lipinski definition) is 5. The maximum absolute atomic E-state index is 14.2. The maximum atomic E-state index is 14.2. The number of benzene rings is 1. The van der Waals surface area contributed by atoms with Gasteiger partial charge in [0.15, 0.2) is 0 Å². The van der Waals surface area contributed by atoms with Crippen LogP contribution in [0.2, 0.25) is 0 Å². The second-order valence-corrected chi connectivity index (χ2v) is 14.0. The predicted molar refractivity (Wildman–Crippen MR) is 156 cm³/mol. The first-order chi connectivity index (χ1) is 19.3. The van der Waals surface area contributed by atoms with Gasteiger partial charge >= 0.3 is 0 Å². The van der Waals surface area contributed by atoms with Gasteiger partial charge in [-0.15, -0.1) is 0 Å². The molecule has 3 heterocycles. The van der Waals surface area contributed by atoms with Gasteiger partial charge in [-0.25, -0.2) is 17.9 Å². The summed E-state index contributed by atoms with van der Waals surface area (Å²) < 4.78 is 45.2. The number of hydrogen-bond donors (Lipinski definition) is 1. The zero-order valence-corrected chi connectivity index (χ0v) is 24.0. The van der Waals surface area contributed by atoms with Crippen molar-refractivity contribution in [2.45, 2.75) is 63.7 Å². The topological polar surface area (TPSA) is 90.5 Å². The van der Waals surface area contributed by atoms with Crippen LogP contribution in [0.15, 0.2) is 42.9 Å². The van der Waals surface area contributed by atoms with Gasteiger partial charge in [-0.05, 0) is 112 Å². The fourth-order valence-corrected chi connectivity index (χ4v) is 7.76. The van der Waals surface area contributed by atoms with Gasteiger partial charge in [0.25, 0.3) is 0 Å². The number of ether oxygens (including phenoxy) is 1. The summed E-state index contributed by atoms with van der Waals surface area (Å²) in [6, 6.07) is 6.93. The molecule has 0 amide bonds. The van der Waals surface area contributed by atoms with Crippen LogP contribution in [0.5, 0.6) is 5.75 Å². The summed E-state index contributed by atoms with van der Waals surface area (Å²) in [5.41, 5.74) is 3.23. The smallest absolute Gasteiger partial charge is 0.209 e. The Kier molecular flexibility index (Phi) is 8.15. The fourth-order valence-electron chi connectivity index (χ4n) is 6.77. The van der Waals surface area contributed by atoms with Crippen LogP contribution in [0.3, 0.4) is 0 Å². The van der Waals surface area contributed by atoms with Crippen molar-refractivity contribution < 1.29 is 17.5 Å². The van der Waals surface area contributed by atoms with E-state index in [2.05, 4.69) is 26.7 Å². The number of sulfonamides is 1. The van der Waals surface area contributed by atoms with E-state index in [9.17, 15) is 12.8 Å². The van der Waals surface area contributed by atoms with Crippen LogP contribution < -0.4 is 9.88 Å².